The first-order valence-corrected chi connectivity index (χ1v) is 4.24. The quantitative estimate of drug-likeness (QED) is 0.631. The zero-order chi connectivity index (χ0) is 8.39. The molecule has 0 bridgehead atoms. The van der Waals surface area contributed by atoms with Gasteiger partial charge in [-0.25, -0.2) is 4.98 Å². The van der Waals surface area contributed by atoms with Crippen molar-refractivity contribution in [1.29, 1.82) is 0 Å². The van der Waals surface area contributed by atoms with Crippen LogP contribution in [0, 0.1) is 0 Å². The third-order valence-corrected chi connectivity index (χ3v) is 2.17. The van der Waals surface area contributed by atoms with Crippen LogP contribution in [0.1, 0.15) is 18.9 Å². The second-order valence-corrected chi connectivity index (χ2v) is 3.04. The van der Waals surface area contributed by atoms with Crippen molar-refractivity contribution < 1.29 is 4.42 Å². The Morgan fingerprint density at radius 2 is 2.33 bits per heavy atom. The Labute approximate surface area is 71.4 Å². The van der Waals surface area contributed by atoms with Crippen LogP contribution in [0.4, 0.5) is 0 Å². The van der Waals surface area contributed by atoms with E-state index >= 15 is 0 Å². The van der Waals surface area contributed by atoms with Crippen LogP contribution >= 0.6 is 0 Å². The predicted molar refractivity (Wildman–Crippen MR) is 44.7 cm³/mol. The van der Waals surface area contributed by atoms with Gasteiger partial charge in [-0.2, -0.15) is 0 Å². The molecular formula is C8H13N3O. The Kier molecular flexibility index (Phi) is 2.10. The van der Waals surface area contributed by atoms with Crippen LogP contribution < -0.4 is 10.6 Å². The van der Waals surface area contributed by atoms with Crippen molar-refractivity contribution >= 4 is 0 Å². The average molecular weight is 167 g/mol. The minimum Gasteiger partial charge on any atom is -0.447 e. The molecule has 0 radical (unpaired) electrons. The van der Waals surface area contributed by atoms with Gasteiger partial charge in [-0.3, -0.25) is 0 Å². The standard InChI is InChI=1S/C8H13N3O/c1-6-7(10-3-2-9-6)8-11-4-5-12-8/h4-7,9-10H,2-3H2,1H3. The third-order valence-electron chi connectivity index (χ3n) is 2.17. The van der Waals surface area contributed by atoms with Gasteiger partial charge in [0.1, 0.15) is 6.26 Å². The van der Waals surface area contributed by atoms with E-state index in [0.717, 1.165) is 19.0 Å². The van der Waals surface area contributed by atoms with Crippen LogP contribution in [-0.2, 0) is 0 Å². The highest BCUT2D eigenvalue weighted by molar-refractivity contribution is 4.97. The maximum absolute atomic E-state index is 5.23. The van der Waals surface area contributed by atoms with Gasteiger partial charge in [-0.1, -0.05) is 0 Å². The first-order valence-electron chi connectivity index (χ1n) is 4.24. The van der Waals surface area contributed by atoms with E-state index < -0.39 is 0 Å². The molecule has 2 heterocycles. The van der Waals surface area contributed by atoms with E-state index in [4.69, 9.17) is 4.42 Å². The molecule has 2 N–H and O–H groups in total. The monoisotopic (exact) mass is 167 g/mol. The summed E-state index contributed by atoms with van der Waals surface area (Å²) in [6, 6.07) is 0.603. The van der Waals surface area contributed by atoms with E-state index in [1.54, 1.807) is 12.5 Å². The first kappa shape index (κ1) is 7.76. The molecule has 1 aromatic rings. The topological polar surface area (TPSA) is 50.1 Å². The zero-order valence-electron chi connectivity index (χ0n) is 7.08. The summed E-state index contributed by atoms with van der Waals surface area (Å²) < 4.78 is 5.23. The summed E-state index contributed by atoms with van der Waals surface area (Å²) in [5.74, 6) is 0.773. The number of hydrogen-bond donors (Lipinski definition) is 2. The van der Waals surface area contributed by atoms with Crippen molar-refractivity contribution in [3.63, 3.8) is 0 Å². The normalized spacial score (nSPS) is 30.4. The molecule has 0 spiro atoms. The Morgan fingerprint density at radius 3 is 3.00 bits per heavy atom. The van der Waals surface area contributed by atoms with Gasteiger partial charge in [-0.05, 0) is 6.92 Å². The van der Waals surface area contributed by atoms with Gasteiger partial charge in [0, 0.05) is 19.1 Å². The summed E-state index contributed by atoms with van der Waals surface area (Å²) in [5, 5.41) is 6.71. The van der Waals surface area contributed by atoms with Gasteiger partial charge in [0.05, 0.1) is 12.2 Å². The second kappa shape index (κ2) is 3.25. The summed E-state index contributed by atoms with van der Waals surface area (Å²) >= 11 is 0. The molecule has 0 saturated carbocycles. The van der Waals surface area contributed by atoms with Crippen molar-refractivity contribution in [3.8, 4) is 0 Å². The smallest absolute Gasteiger partial charge is 0.212 e. The highest BCUT2D eigenvalue weighted by Crippen LogP contribution is 2.15. The molecule has 1 fully saturated rings. The molecule has 12 heavy (non-hydrogen) atoms. The number of nitrogens with zero attached hydrogens (tertiary/aromatic N) is 1. The van der Waals surface area contributed by atoms with Crippen molar-refractivity contribution in [1.82, 2.24) is 15.6 Å². The second-order valence-electron chi connectivity index (χ2n) is 3.04. The summed E-state index contributed by atoms with van der Waals surface area (Å²) in [6.07, 6.45) is 3.29. The minimum absolute atomic E-state index is 0.216. The molecule has 1 aliphatic heterocycles. The SMILES string of the molecule is CC1NCCNC1c1ncco1. The largest absolute Gasteiger partial charge is 0.447 e. The van der Waals surface area contributed by atoms with E-state index in [0.29, 0.717) is 6.04 Å². The van der Waals surface area contributed by atoms with Crippen molar-refractivity contribution in [2.75, 3.05) is 13.1 Å². The summed E-state index contributed by atoms with van der Waals surface area (Å²) in [7, 11) is 0. The van der Waals surface area contributed by atoms with Crippen LogP contribution in [0.25, 0.3) is 0 Å². The number of hydrogen-bond acceptors (Lipinski definition) is 4. The maximum Gasteiger partial charge on any atom is 0.212 e. The van der Waals surface area contributed by atoms with Crippen LogP contribution in [-0.4, -0.2) is 24.1 Å². The number of rotatable bonds is 1. The summed E-state index contributed by atoms with van der Waals surface area (Å²) in [6.45, 7) is 4.11. The van der Waals surface area contributed by atoms with Gasteiger partial charge in [-0.15, -0.1) is 0 Å². The molecule has 1 saturated heterocycles. The highest BCUT2D eigenvalue weighted by atomic mass is 16.3. The van der Waals surface area contributed by atoms with Gasteiger partial charge >= 0.3 is 0 Å². The van der Waals surface area contributed by atoms with Crippen LogP contribution in [0.3, 0.4) is 0 Å². The minimum atomic E-state index is 0.216. The highest BCUT2D eigenvalue weighted by Gasteiger charge is 2.24. The number of aromatic nitrogens is 1. The molecule has 2 rings (SSSR count). The Bertz CT molecular complexity index is 234. The molecule has 2 unspecified atom stereocenters. The predicted octanol–water partition coefficient (Wildman–Crippen LogP) is 0.297. The molecule has 0 aromatic carbocycles. The lowest BCUT2D eigenvalue weighted by Crippen LogP contribution is -2.49. The van der Waals surface area contributed by atoms with Crippen molar-refractivity contribution in [3.05, 3.63) is 18.4 Å². The van der Waals surface area contributed by atoms with Crippen LogP contribution in [0.5, 0.6) is 0 Å². The van der Waals surface area contributed by atoms with E-state index in [-0.39, 0.29) is 6.04 Å². The van der Waals surface area contributed by atoms with E-state index in [2.05, 4.69) is 22.5 Å². The lowest BCUT2D eigenvalue weighted by Gasteiger charge is -2.28. The van der Waals surface area contributed by atoms with Crippen LogP contribution in [0.15, 0.2) is 16.9 Å². The molecule has 1 aromatic heterocycles. The summed E-state index contributed by atoms with van der Waals surface area (Å²) in [4.78, 5) is 4.12. The van der Waals surface area contributed by atoms with Gasteiger partial charge < -0.3 is 15.1 Å². The molecule has 4 nitrogen and oxygen atoms in total. The number of piperazine rings is 1. The molecule has 4 heteroatoms. The third kappa shape index (κ3) is 1.35. The molecule has 2 atom stereocenters. The Balaban J connectivity index is 2.11. The molecule has 1 aliphatic rings. The molecule has 0 aliphatic carbocycles. The van der Waals surface area contributed by atoms with Gasteiger partial charge in [0.2, 0.25) is 5.89 Å². The summed E-state index contributed by atoms with van der Waals surface area (Å²) in [5.41, 5.74) is 0. The average Bonchev–Trinajstić information content (AvgIpc) is 2.57. The molecular weight excluding hydrogens is 154 g/mol. The Morgan fingerprint density at radius 1 is 1.50 bits per heavy atom. The van der Waals surface area contributed by atoms with E-state index in [1.165, 1.54) is 0 Å². The molecule has 0 amide bonds. The van der Waals surface area contributed by atoms with Crippen molar-refractivity contribution in [2.45, 2.75) is 19.0 Å². The fourth-order valence-corrected chi connectivity index (χ4v) is 1.51. The molecule has 66 valence electrons. The zero-order valence-corrected chi connectivity index (χ0v) is 7.08. The number of oxazole rings is 1. The van der Waals surface area contributed by atoms with Gasteiger partial charge in [0.15, 0.2) is 0 Å². The Hall–Kier alpha value is -0.870. The lowest BCUT2D eigenvalue weighted by molar-refractivity contribution is 0.293. The van der Waals surface area contributed by atoms with E-state index in [9.17, 15) is 0 Å². The maximum atomic E-state index is 5.23. The first-order chi connectivity index (χ1) is 5.88. The number of nitrogens with one attached hydrogen (secondary N) is 2. The van der Waals surface area contributed by atoms with E-state index in [1.807, 2.05) is 0 Å². The van der Waals surface area contributed by atoms with Gasteiger partial charge in [0.25, 0.3) is 0 Å². The van der Waals surface area contributed by atoms with Crippen molar-refractivity contribution in [2.24, 2.45) is 0 Å². The lowest BCUT2D eigenvalue weighted by atomic mass is 10.1. The van der Waals surface area contributed by atoms with Crippen LogP contribution in [0.2, 0.25) is 0 Å². The fourth-order valence-electron chi connectivity index (χ4n) is 1.51. The fraction of sp³-hybridized carbons (Fsp3) is 0.625.